The molecule has 0 aliphatic rings. The fourth-order valence-corrected chi connectivity index (χ4v) is 1.26. The second-order valence-corrected chi connectivity index (χ2v) is 3.54. The van der Waals surface area contributed by atoms with Gasteiger partial charge in [0.25, 0.3) is 0 Å². The van der Waals surface area contributed by atoms with Crippen LogP contribution < -0.4 is 5.32 Å². The minimum Gasteiger partial charge on any atom is -0.355 e. The zero-order valence-electron chi connectivity index (χ0n) is 7.64. The Morgan fingerprint density at radius 3 is 3.00 bits per heavy atom. The Labute approximate surface area is 78.8 Å². The van der Waals surface area contributed by atoms with Crippen LogP contribution >= 0.6 is 11.8 Å². The molecular formula is C9H17NOS. The number of amides is 1. The van der Waals surface area contributed by atoms with E-state index in [0.29, 0.717) is 5.75 Å². The first-order valence-corrected chi connectivity index (χ1v) is 5.42. The van der Waals surface area contributed by atoms with Crippen LogP contribution in [-0.2, 0) is 4.79 Å². The van der Waals surface area contributed by atoms with Gasteiger partial charge in [-0.2, -0.15) is 0 Å². The van der Waals surface area contributed by atoms with Crippen molar-refractivity contribution in [1.82, 2.24) is 5.32 Å². The van der Waals surface area contributed by atoms with E-state index in [9.17, 15) is 4.79 Å². The minimum atomic E-state index is 0.135. The number of hydrogen-bond donors (Lipinski definition) is 1. The number of carbonyl (C=O) groups is 1. The topological polar surface area (TPSA) is 29.1 Å². The fourth-order valence-electron chi connectivity index (χ4n) is 0.691. The second kappa shape index (κ2) is 8.65. The molecule has 0 saturated carbocycles. The molecule has 12 heavy (non-hydrogen) atoms. The van der Waals surface area contributed by atoms with Crippen LogP contribution in [0.25, 0.3) is 0 Å². The van der Waals surface area contributed by atoms with Gasteiger partial charge in [-0.15, -0.1) is 18.3 Å². The molecule has 0 spiro atoms. The number of hydrogen-bond acceptors (Lipinski definition) is 2. The molecular weight excluding hydrogens is 170 g/mol. The van der Waals surface area contributed by atoms with Gasteiger partial charge in [-0.05, 0) is 6.42 Å². The molecule has 0 bridgehead atoms. The average molecular weight is 187 g/mol. The highest BCUT2D eigenvalue weighted by Crippen LogP contribution is 1.98. The molecule has 1 amide bonds. The highest BCUT2D eigenvalue weighted by molar-refractivity contribution is 8.00. The molecule has 1 N–H and O–H groups in total. The molecule has 0 heterocycles. The molecule has 0 aromatic carbocycles. The molecule has 0 rings (SSSR count). The largest absolute Gasteiger partial charge is 0.355 e. The van der Waals surface area contributed by atoms with Gasteiger partial charge in [0.2, 0.25) is 5.91 Å². The molecule has 0 aromatic heterocycles. The van der Waals surface area contributed by atoms with E-state index >= 15 is 0 Å². The van der Waals surface area contributed by atoms with Gasteiger partial charge in [-0.1, -0.05) is 19.4 Å². The van der Waals surface area contributed by atoms with Gasteiger partial charge in [0.15, 0.2) is 0 Å². The van der Waals surface area contributed by atoms with E-state index in [1.165, 1.54) is 0 Å². The molecule has 3 heteroatoms. The standard InChI is InChI=1S/C9H17NOS/c1-3-5-6-10-9(11)8-12-7-4-2/h4H,2-3,5-8H2,1H3,(H,10,11). The highest BCUT2D eigenvalue weighted by Gasteiger charge is 1.97. The summed E-state index contributed by atoms with van der Waals surface area (Å²) in [6.45, 7) is 6.50. The van der Waals surface area contributed by atoms with Crippen molar-refractivity contribution in [3.8, 4) is 0 Å². The first-order valence-electron chi connectivity index (χ1n) is 4.26. The van der Waals surface area contributed by atoms with Gasteiger partial charge in [-0.25, -0.2) is 0 Å². The van der Waals surface area contributed by atoms with E-state index in [4.69, 9.17) is 0 Å². The lowest BCUT2D eigenvalue weighted by Gasteiger charge is -2.02. The Morgan fingerprint density at radius 2 is 2.42 bits per heavy atom. The van der Waals surface area contributed by atoms with E-state index in [1.807, 2.05) is 6.08 Å². The predicted molar refractivity (Wildman–Crippen MR) is 55.4 cm³/mol. The quantitative estimate of drug-likeness (QED) is 0.486. The molecule has 0 aliphatic heterocycles. The van der Waals surface area contributed by atoms with Gasteiger partial charge in [0, 0.05) is 12.3 Å². The molecule has 2 nitrogen and oxygen atoms in total. The maximum atomic E-state index is 11.0. The molecule has 0 unspecified atom stereocenters. The molecule has 0 saturated heterocycles. The summed E-state index contributed by atoms with van der Waals surface area (Å²) in [6.07, 6.45) is 4.00. The van der Waals surface area contributed by atoms with Gasteiger partial charge in [0.1, 0.15) is 0 Å². The van der Waals surface area contributed by atoms with Crippen molar-refractivity contribution in [1.29, 1.82) is 0 Å². The van der Waals surface area contributed by atoms with Gasteiger partial charge in [0.05, 0.1) is 5.75 Å². The van der Waals surface area contributed by atoms with Crippen molar-refractivity contribution in [2.45, 2.75) is 19.8 Å². The van der Waals surface area contributed by atoms with Crippen LogP contribution in [0.5, 0.6) is 0 Å². The minimum absolute atomic E-state index is 0.135. The smallest absolute Gasteiger partial charge is 0.230 e. The summed E-state index contributed by atoms with van der Waals surface area (Å²) < 4.78 is 0. The zero-order valence-corrected chi connectivity index (χ0v) is 8.45. The van der Waals surface area contributed by atoms with Crippen molar-refractivity contribution >= 4 is 17.7 Å². The van der Waals surface area contributed by atoms with Crippen molar-refractivity contribution in [2.75, 3.05) is 18.1 Å². The van der Waals surface area contributed by atoms with E-state index < -0.39 is 0 Å². The molecule has 0 radical (unpaired) electrons. The zero-order chi connectivity index (χ0) is 9.23. The summed E-state index contributed by atoms with van der Waals surface area (Å²) in [4.78, 5) is 11.0. The second-order valence-electron chi connectivity index (χ2n) is 2.51. The fraction of sp³-hybridized carbons (Fsp3) is 0.667. The molecule has 0 atom stereocenters. The van der Waals surface area contributed by atoms with Crippen LogP contribution in [0, 0.1) is 0 Å². The predicted octanol–water partition coefficient (Wildman–Crippen LogP) is 1.82. The van der Waals surface area contributed by atoms with Crippen LogP contribution in [0.15, 0.2) is 12.7 Å². The molecule has 0 aromatic rings. The monoisotopic (exact) mass is 187 g/mol. The Morgan fingerprint density at radius 1 is 1.67 bits per heavy atom. The highest BCUT2D eigenvalue weighted by atomic mass is 32.2. The summed E-state index contributed by atoms with van der Waals surface area (Å²) in [5.41, 5.74) is 0. The normalized spacial score (nSPS) is 9.42. The first-order chi connectivity index (χ1) is 5.81. The summed E-state index contributed by atoms with van der Waals surface area (Å²) in [5.74, 6) is 1.53. The van der Waals surface area contributed by atoms with E-state index in [1.54, 1.807) is 11.8 Å². The number of nitrogens with one attached hydrogen (secondary N) is 1. The van der Waals surface area contributed by atoms with Gasteiger partial charge >= 0.3 is 0 Å². The van der Waals surface area contributed by atoms with Crippen LogP contribution in [0.2, 0.25) is 0 Å². The third kappa shape index (κ3) is 7.66. The average Bonchev–Trinajstić information content (AvgIpc) is 2.06. The van der Waals surface area contributed by atoms with E-state index in [-0.39, 0.29) is 5.91 Å². The van der Waals surface area contributed by atoms with Crippen LogP contribution in [-0.4, -0.2) is 24.0 Å². The first kappa shape index (κ1) is 11.6. The van der Waals surface area contributed by atoms with Crippen LogP contribution in [0.4, 0.5) is 0 Å². The molecule has 70 valence electrons. The summed E-state index contributed by atoms with van der Waals surface area (Å²) in [5, 5.41) is 2.85. The van der Waals surface area contributed by atoms with Crippen LogP contribution in [0.3, 0.4) is 0 Å². The Hall–Kier alpha value is -0.440. The third-order valence-electron chi connectivity index (χ3n) is 1.32. The van der Waals surface area contributed by atoms with Crippen molar-refractivity contribution in [2.24, 2.45) is 0 Å². The Balaban J connectivity index is 3.15. The van der Waals surface area contributed by atoms with E-state index in [0.717, 1.165) is 25.1 Å². The number of thioether (sulfide) groups is 1. The third-order valence-corrected chi connectivity index (χ3v) is 2.26. The lowest BCUT2D eigenvalue weighted by molar-refractivity contribution is -0.118. The van der Waals surface area contributed by atoms with Gasteiger partial charge < -0.3 is 5.32 Å². The number of rotatable bonds is 7. The maximum Gasteiger partial charge on any atom is 0.230 e. The number of carbonyl (C=O) groups excluding carboxylic acids is 1. The van der Waals surface area contributed by atoms with E-state index in [2.05, 4.69) is 18.8 Å². The van der Waals surface area contributed by atoms with Crippen molar-refractivity contribution in [3.05, 3.63) is 12.7 Å². The SMILES string of the molecule is C=CCSCC(=O)NCCCC. The summed E-state index contributed by atoms with van der Waals surface area (Å²) in [7, 11) is 0. The molecule has 0 fully saturated rings. The van der Waals surface area contributed by atoms with Crippen LogP contribution in [0.1, 0.15) is 19.8 Å². The maximum absolute atomic E-state index is 11.0. The lowest BCUT2D eigenvalue weighted by atomic mass is 10.3. The lowest BCUT2D eigenvalue weighted by Crippen LogP contribution is -2.26. The van der Waals surface area contributed by atoms with Gasteiger partial charge in [-0.3, -0.25) is 4.79 Å². The van der Waals surface area contributed by atoms with Crippen molar-refractivity contribution in [3.63, 3.8) is 0 Å². The summed E-state index contributed by atoms with van der Waals surface area (Å²) in [6, 6.07) is 0. The Bertz CT molecular complexity index is 136. The summed E-state index contributed by atoms with van der Waals surface area (Å²) >= 11 is 1.59. The molecule has 0 aliphatic carbocycles. The van der Waals surface area contributed by atoms with Crippen molar-refractivity contribution < 1.29 is 4.79 Å². The number of unbranched alkanes of at least 4 members (excludes halogenated alkanes) is 1. The Kier molecular flexibility index (Phi) is 8.34.